The summed E-state index contributed by atoms with van der Waals surface area (Å²) >= 11 is 0. The molecule has 2 atom stereocenters. The number of aryl methyl sites for hydroxylation is 1. The molecular weight excluding hydrogens is 408 g/mol. The third-order valence-electron chi connectivity index (χ3n) is 5.73. The number of carbonyl (C=O) groups is 3. The Morgan fingerprint density at radius 2 is 2.00 bits per heavy atom. The maximum atomic E-state index is 12.6. The standard InChI is InChI=1S/C24H26N4O4/c1-3-18(15-8-5-4-6-9-15)25-21(30)14-32-19-11-7-10-16-22(27-28(2)23(16)19)17-12-13-20(29)26-24(17)31/h4-11,17-18H,3,12-14H2,1-2H3,(H,25,30)(H,26,29,31)/t17?,18-/m0/s1. The lowest BCUT2D eigenvalue weighted by atomic mass is 9.93. The number of nitrogens with one attached hydrogen (secondary N) is 2. The van der Waals surface area contributed by atoms with Crippen LogP contribution in [0.25, 0.3) is 10.9 Å². The summed E-state index contributed by atoms with van der Waals surface area (Å²) in [6.07, 6.45) is 1.47. The molecule has 0 spiro atoms. The van der Waals surface area contributed by atoms with Crippen LogP contribution in [0, 0.1) is 0 Å². The zero-order valence-corrected chi connectivity index (χ0v) is 18.1. The second kappa shape index (κ2) is 9.21. The minimum Gasteiger partial charge on any atom is -0.482 e. The third-order valence-corrected chi connectivity index (χ3v) is 5.73. The minimum atomic E-state index is -0.494. The molecule has 32 heavy (non-hydrogen) atoms. The predicted molar refractivity (Wildman–Crippen MR) is 119 cm³/mol. The second-order valence-electron chi connectivity index (χ2n) is 7.89. The first-order chi connectivity index (χ1) is 15.5. The fourth-order valence-electron chi connectivity index (χ4n) is 4.14. The summed E-state index contributed by atoms with van der Waals surface area (Å²) in [4.78, 5) is 36.4. The number of hydrogen-bond acceptors (Lipinski definition) is 5. The van der Waals surface area contributed by atoms with Crippen LogP contribution in [0.4, 0.5) is 0 Å². The molecule has 2 aromatic carbocycles. The van der Waals surface area contributed by atoms with Gasteiger partial charge in [-0.3, -0.25) is 24.4 Å². The molecule has 0 radical (unpaired) electrons. The van der Waals surface area contributed by atoms with Crippen molar-refractivity contribution in [2.24, 2.45) is 7.05 Å². The molecule has 0 bridgehead atoms. The van der Waals surface area contributed by atoms with Gasteiger partial charge in [-0.1, -0.05) is 49.4 Å². The van der Waals surface area contributed by atoms with E-state index < -0.39 is 5.92 Å². The first kappa shape index (κ1) is 21.5. The van der Waals surface area contributed by atoms with Crippen LogP contribution >= 0.6 is 0 Å². The van der Waals surface area contributed by atoms with Crippen LogP contribution in [-0.2, 0) is 21.4 Å². The second-order valence-corrected chi connectivity index (χ2v) is 7.89. The topological polar surface area (TPSA) is 102 Å². The Morgan fingerprint density at radius 3 is 2.72 bits per heavy atom. The van der Waals surface area contributed by atoms with Crippen molar-refractivity contribution in [3.8, 4) is 5.75 Å². The van der Waals surface area contributed by atoms with Gasteiger partial charge in [0.05, 0.1) is 17.7 Å². The Hall–Kier alpha value is -3.68. The summed E-state index contributed by atoms with van der Waals surface area (Å²) in [6.45, 7) is 1.88. The number of amides is 3. The van der Waals surface area contributed by atoms with E-state index in [9.17, 15) is 14.4 Å². The molecule has 1 saturated heterocycles. The fourth-order valence-corrected chi connectivity index (χ4v) is 4.14. The van der Waals surface area contributed by atoms with E-state index in [2.05, 4.69) is 15.7 Å². The zero-order valence-electron chi connectivity index (χ0n) is 18.1. The normalized spacial score (nSPS) is 17.1. The van der Waals surface area contributed by atoms with Crippen molar-refractivity contribution in [2.45, 2.75) is 38.1 Å². The molecule has 166 valence electrons. The quantitative estimate of drug-likeness (QED) is 0.557. The summed E-state index contributed by atoms with van der Waals surface area (Å²) in [6, 6.07) is 15.2. The van der Waals surface area contributed by atoms with Crippen molar-refractivity contribution in [3.63, 3.8) is 0 Å². The number of carbonyl (C=O) groups excluding carboxylic acids is 3. The monoisotopic (exact) mass is 434 g/mol. The van der Waals surface area contributed by atoms with Crippen LogP contribution in [0.3, 0.4) is 0 Å². The van der Waals surface area contributed by atoms with Crippen LogP contribution in [0.1, 0.15) is 49.4 Å². The molecule has 0 aliphatic carbocycles. The van der Waals surface area contributed by atoms with Gasteiger partial charge in [0.15, 0.2) is 6.61 Å². The third kappa shape index (κ3) is 4.34. The van der Waals surface area contributed by atoms with Crippen LogP contribution < -0.4 is 15.4 Å². The number of fused-ring (bicyclic) bond motifs is 1. The highest BCUT2D eigenvalue weighted by atomic mass is 16.5. The molecule has 1 aromatic heterocycles. The number of ether oxygens (including phenoxy) is 1. The number of rotatable bonds is 7. The molecule has 2 N–H and O–H groups in total. The van der Waals surface area contributed by atoms with Gasteiger partial charge in [-0.05, 0) is 24.5 Å². The number of imide groups is 1. The molecule has 1 fully saturated rings. The first-order valence-corrected chi connectivity index (χ1v) is 10.7. The van der Waals surface area contributed by atoms with Gasteiger partial charge in [-0.2, -0.15) is 5.10 Å². The van der Waals surface area contributed by atoms with Gasteiger partial charge in [0.25, 0.3) is 5.91 Å². The molecule has 3 amide bonds. The van der Waals surface area contributed by atoms with Gasteiger partial charge < -0.3 is 10.1 Å². The average Bonchev–Trinajstić information content (AvgIpc) is 3.13. The molecule has 8 nitrogen and oxygen atoms in total. The average molecular weight is 434 g/mol. The molecule has 4 rings (SSSR count). The number of hydrogen-bond donors (Lipinski definition) is 2. The maximum Gasteiger partial charge on any atom is 0.258 e. The number of piperidine rings is 1. The van der Waals surface area contributed by atoms with E-state index in [0.717, 1.165) is 17.4 Å². The van der Waals surface area contributed by atoms with Crippen molar-refractivity contribution in [1.29, 1.82) is 0 Å². The molecule has 1 aliphatic heterocycles. The predicted octanol–water partition coefficient (Wildman–Crippen LogP) is 2.74. The van der Waals surface area contributed by atoms with E-state index >= 15 is 0 Å². The van der Waals surface area contributed by atoms with Crippen LogP contribution in [-0.4, -0.2) is 34.1 Å². The Morgan fingerprint density at radius 1 is 1.22 bits per heavy atom. The van der Waals surface area contributed by atoms with Gasteiger partial charge in [0.2, 0.25) is 11.8 Å². The minimum absolute atomic E-state index is 0.0843. The number of para-hydroxylation sites is 1. The van der Waals surface area contributed by atoms with Crippen LogP contribution in [0.15, 0.2) is 48.5 Å². The van der Waals surface area contributed by atoms with Gasteiger partial charge in [-0.25, -0.2) is 0 Å². The summed E-state index contributed by atoms with van der Waals surface area (Å²) in [5.74, 6) is -0.795. The van der Waals surface area contributed by atoms with Crippen molar-refractivity contribution in [2.75, 3.05) is 6.61 Å². The summed E-state index contributed by atoms with van der Waals surface area (Å²) < 4.78 is 7.51. The van der Waals surface area contributed by atoms with E-state index in [1.165, 1.54) is 0 Å². The van der Waals surface area contributed by atoms with Gasteiger partial charge in [-0.15, -0.1) is 0 Å². The molecule has 1 aliphatic rings. The van der Waals surface area contributed by atoms with Crippen LogP contribution in [0.2, 0.25) is 0 Å². The van der Waals surface area contributed by atoms with E-state index in [4.69, 9.17) is 4.74 Å². The van der Waals surface area contributed by atoms with Crippen molar-refractivity contribution in [1.82, 2.24) is 20.4 Å². The zero-order chi connectivity index (χ0) is 22.7. The molecule has 3 aromatic rings. The maximum absolute atomic E-state index is 12.6. The SMILES string of the molecule is CC[C@H](NC(=O)COc1cccc2c(C3CCC(=O)NC3=O)nn(C)c12)c1ccccc1. The van der Waals surface area contributed by atoms with E-state index in [-0.39, 0.29) is 36.8 Å². The van der Waals surface area contributed by atoms with Gasteiger partial charge >= 0.3 is 0 Å². The lowest BCUT2D eigenvalue weighted by molar-refractivity contribution is -0.134. The van der Waals surface area contributed by atoms with Crippen LogP contribution in [0.5, 0.6) is 5.75 Å². The first-order valence-electron chi connectivity index (χ1n) is 10.7. The molecule has 1 unspecified atom stereocenters. The highest BCUT2D eigenvalue weighted by molar-refractivity contribution is 6.03. The Labute approximate surface area is 185 Å². The smallest absolute Gasteiger partial charge is 0.258 e. The number of aromatic nitrogens is 2. The summed E-state index contributed by atoms with van der Waals surface area (Å²) in [5, 5.41) is 10.7. The fraction of sp³-hybridized carbons (Fsp3) is 0.333. The highest BCUT2D eigenvalue weighted by Crippen LogP contribution is 2.34. The largest absolute Gasteiger partial charge is 0.482 e. The molecule has 8 heteroatoms. The van der Waals surface area contributed by atoms with E-state index in [1.807, 2.05) is 49.4 Å². The Kier molecular flexibility index (Phi) is 6.20. The Balaban J connectivity index is 1.50. The summed E-state index contributed by atoms with van der Waals surface area (Å²) in [7, 11) is 1.77. The molecule has 0 saturated carbocycles. The number of benzene rings is 2. The number of nitrogens with zero attached hydrogens (tertiary/aromatic N) is 2. The summed E-state index contributed by atoms with van der Waals surface area (Å²) in [5.41, 5.74) is 2.36. The van der Waals surface area contributed by atoms with E-state index in [0.29, 0.717) is 23.4 Å². The molecule has 2 heterocycles. The van der Waals surface area contributed by atoms with E-state index in [1.54, 1.807) is 17.8 Å². The van der Waals surface area contributed by atoms with Crippen molar-refractivity contribution < 1.29 is 19.1 Å². The van der Waals surface area contributed by atoms with Crippen molar-refractivity contribution >= 4 is 28.6 Å². The van der Waals surface area contributed by atoms with Gasteiger partial charge in [0, 0.05) is 18.9 Å². The van der Waals surface area contributed by atoms with Crippen molar-refractivity contribution in [3.05, 3.63) is 59.8 Å². The highest BCUT2D eigenvalue weighted by Gasteiger charge is 2.32. The Bertz CT molecular complexity index is 1160. The van der Waals surface area contributed by atoms with Gasteiger partial charge in [0.1, 0.15) is 11.3 Å². The lowest BCUT2D eigenvalue weighted by Gasteiger charge is -2.19. The molecular formula is C24H26N4O4. The lowest BCUT2D eigenvalue weighted by Crippen LogP contribution is -2.39.